The van der Waals surface area contributed by atoms with Crippen LogP contribution in [0.4, 0.5) is 10.3 Å². The zero-order chi connectivity index (χ0) is 24.9. The Hall–Kier alpha value is -2.27. The predicted molar refractivity (Wildman–Crippen MR) is 123 cm³/mol. The van der Waals surface area contributed by atoms with Crippen molar-refractivity contribution < 1.29 is 52.4 Å². The topological polar surface area (TPSA) is 141 Å². The average Bonchev–Trinajstić information content (AvgIpc) is 2.74. The Labute approximate surface area is 211 Å². The van der Waals surface area contributed by atoms with E-state index in [-0.39, 0.29) is 44.2 Å². The molecule has 2 atom stereocenters. The van der Waals surface area contributed by atoms with Crippen LogP contribution in [0.5, 0.6) is 0 Å². The molecule has 182 valence electrons. The minimum Gasteiger partial charge on any atom is -0.479 e. The van der Waals surface area contributed by atoms with Crippen LogP contribution in [0.15, 0.2) is 30.3 Å². The number of rotatable bonds is 10. The van der Waals surface area contributed by atoms with Crippen LogP contribution in [0.3, 0.4) is 0 Å². The molecule has 0 saturated carbocycles. The molecule has 0 radical (unpaired) electrons. The van der Waals surface area contributed by atoms with Crippen molar-refractivity contribution in [2.45, 2.75) is 44.8 Å². The van der Waals surface area contributed by atoms with Gasteiger partial charge in [-0.15, -0.1) is 0 Å². The summed E-state index contributed by atoms with van der Waals surface area (Å²) in [6.45, 7) is 3.76. The van der Waals surface area contributed by atoms with Crippen LogP contribution in [-0.2, 0) is 34.3 Å². The number of hydrogen-bond donors (Lipinski definition) is 3. The van der Waals surface area contributed by atoms with E-state index in [1.165, 1.54) is 31.3 Å². The van der Waals surface area contributed by atoms with Gasteiger partial charge < -0.3 is 15.3 Å². The molecule has 1 heterocycles. The van der Waals surface area contributed by atoms with E-state index in [4.69, 9.17) is 5.11 Å². The first-order valence-corrected chi connectivity index (χ1v) is 12.0. The summed E-state index contributed by atoms with van der Waals surface area (Å²) in [5.41, 5.74) is 2.07. The van der Waals surface area contributed by atoms with Crippen LogP contribution in [0, 0.1) is 5.82 Å². The summed E-state index contributed by atoms with van der Waals surface area (Å²) in [6, 6.07) is 5.58. The van der Waals surface area contributed by atoms with Crippen LogP contribution in [0.1, 0.15) is 43.9 Å². The largest absolute Gasteiger partial charge is 0.479 e. The fraction of sp³-hybridized carbons (Fsp3) is 0.409. The van der Waals surface area contributed by atoms with Gasteiger partial charge in [-0.25, -0.2) is 31.9 Å². The monoisotopic (exact) mass is 545 g/mol. The third kappa shape index (κ3) is 7.63. The zero-order valence-electron chi connectivity index (χ0n) is 19.5. The first kappa shape index (κ1) is 29.8. The van der Waals surface area contributed by atoms with Gasteiger partial charge in [0.1, 0.15) is 5.82 Å². The number of aliphatic hydroxyl groups excluding tert-OH is 2. The molecule has 2 rings (SSSR count). The van der Waals surface area contributed by atoms with Crippen molar-refractivity contribution in [3.05, 3.63) is 47.4 Å². The minimum atomic E-state index is -3.63. The molecule has 0 aliphatic rings. The van der Waals surface area contributed by atoms with Gasteiger partial charge >= 0.3 is 5.97 Å². The second kappa shape index (κ2) is 12.4. The first-order valence-electron chi connectivity index (χ1n) is 10.2. The van der Waals surface area contributed by atoms with E-state index in [9.17, 15) is 27.8 Å². The van der Waals surface area contributed by atoms with Gasteiger partial charge in [-0.2, -0.15) is 0 Å². The summed E-state index contributed by atoms with van der Waals surface area (Å²) in [6.07, 6.45) is 1.34. The molecule has 0 fully saturated rings. The van der Waals surface area contributed by atoms with E-state index in [2.05, 4.69) is 9.97 Å². The molecule has 1 aromatic heterocycles. The number of aliphatic hydroxyl groups is 2. The summed E-state index contributed by atoms with van der Waals surface area (Å²) in [5, 5.41) is 28.0. The second-order valence-corrected chi connectivity index (χ2v) is 9.91. The number of halogens is 1. The van der Waals surface area contributed by atoms with E-state index in [1.807, 2.05) is 13.8 Å². The fourth-order valence-corrected chi connectivity index (χ4v) is 3.36. The maximum Gasteiger partial charge on any atom is 0.335 e. The van der Waals surface area contributed by atoms with Gasteiger partial charge in [0.25, 0.3) is 0 Å². The Morgan fingerprint density at radius 2 is 1.76 bits per heavy atom. The summed E-state index contributed by atoms with van der Waals surface area (Å²) in [5.74, 6) is -2.10. The fourth-order valence-electron chi connectivity index (χ4n) is 2.99. The van der Waals surface area contributed by atoms with E-state index in [0.29, 0.717) is 22.5 Å². The zero-order valence-corrected chi connectivity index (χ0v) is 23.3. The number of sulfonamides is 1. The van der Waals surface area contributed by atoms with Gasteiger partial charge in [0.2, 0.25) is 16.0 Å². The number of hydrogen-bond acceptors (Lipinski definition) is 7. The Kier molecular flexibility index (Phi) is 10.9. The summed E-state index contributed by atoms with van der Waals surface area (Å²) >= 11 is 0. The smallest absolute Gasteiger partial charge is 0.335 e. The van der Waals surface area contributed by atoms with E-state index >= 15 is 0 Å². The van der Waals surface area contributed by atoms with E-state index < -0.39 is 34.0 Å². The summed E-state index contributed by atoms with van der Waals surface area (Å²) in [4.78, 5) is 19.7. The van der Waals surface area contributed by atoms with Crippen LogP contribution >= 0.6 is 0 Å². The third-order valence-corrected chi connectivity index (χ3v) is 6.10. The molecule has 1 unspecified atom stereocenters. The van der Waals surface area contributed by atoms with Gasteiger partial charge in [0.15, 0.2) is 6.10 Å². The molecule has 0 aliphatic heterocycles. The minimum absolute atomic E-state index is 0. The molecule has 34 heavy (non-hydrogen) atoms. The SMILES string of the molecule is CC(C)c1nc(N(C)S(C)(=O)=O)nc(-c2ccc(F)cc2)c1C=CCC[C@@H](O)C(O)C(=O)O.[Zn]. The third-order valence-electron chi connectivity index (χ3n) is 4.94. The molecule has 0 spiro atoms. The van der Waals surface area contributed by atoms with E-state index in [1.54, 1.807) is 12.2 Å². The Morgan fingerprint density at radius 3 is 2.26 bits per heavy atom. The molecule has 1 aromatic carbocycles. The van der Waals surface area contributed by atoms with Crippen molar-refractivity contribution in [1.82, 2.24) is 9.97 Å². The number of allylic oxidation sites excluding steroid dienone is 1. The molecular formula is C22H28FN3O6SZn. The van der Waals surface area contributed by atoms with Crippen LogP contribution in [0.25, 0.3) is 17.3 Å². The predicted octanol–water partition coefficient (Wildman–Crippen LogP) is 2.40. The van der Waals surface area contributed by atoms with Crippen molar-refractivity contribution in [3.8, 4) is 11.3 Å². The maximum atomic E-state index is 13.5. The van der Waals surface area contributed by atoms with Crippen LogP contribution in [-0.4, -0.2) is 65.2 Å². The van der Waals surface area contributed by atoms with Crippen molar-refractivity contribution in [1.29, 1.82) is 0 Å². The molecule has 0 bridgehead atoms. The van der Waals surface area contributed by atoms with Gasteiger partial charge in [0, 0.05) is 37.7 Å². The standard InChI is InChI=1S/C22H28FN3O6S.Zn/c1-13(2)18-16(7-5-6-8-17(27)20(28)21(29)30)19(14-9-11-15(23)12-10-14)25-22(24-18)26(3)33(4,31)32;/h5,7,9-13,17,20,27-28H,6,8H2,1-4H3,(H,29,30);/t17-,20?;/m1./s1. The van der Waals surface area contributed by atoms with Gasteiger partial charge in [-0.3, -0.25) is 0 Å². The molecule has 12 heteroatoms. The molecule has 9 nitrogen and oxygen atoms in total. The molecule has 2 aromatic rings. The van der Waals surface area contributed by atoms with Gasteiger partial charge in [-0.05, 0) is 43.0 Å². The summed E-state index contributed by atoms with van der Waals surface area (Å²) in [7, 11) is -2.29. The average molecular weight is 547 g/mol. The first-order chi connectivity index (χ1) is 15.3. The van der Waals surface area contributed by atoms with Crippen molar-refractivity contribution in [2.75, 3.05) is 17.6 Å². The summed E-state index contributed by atoms with van der Waals surface area (Å²) < 4.78 is 38.6. The molecule has 0 amide bonds. The van der Waals surface area contributed by atoms with Crippen LogP contribution in [0.2, 0.25) is 0 Å². The number of benzene rings is 1. The number of carboxylic acids is 1. The molecular weight excluding hydrogens is 519 g/mol. The number of carboxylic acid groups (broad SMARTS) is 1. The Morgan fingerprint density at radius 1 is 1.18 bits per heavy atom. The normalized spacial score (nSPS) is 13.5. The van der Waals surface area contributed by atoms with Crippen molar-refractivity contribution in [3.63, 3.8) is 0 Å². The molecule has 3 N–H and O–H groups in total. The number of anilines is 1. The number of carbonyl (C=O) groups is 1. The quantitative estimate of drug-likeness (QED) is 0.386. The molecule has 0 saturated heterocycles. The number of aromatic nitrogens is 2. The Bertz CT molecular complexity index is 1130. The number of aliphatic carboxylic acids is 1. The van der Waals surface area contributed by atoms with Crippen molar-refractivity contribution in [2.24, 2.45) is 0 Å². The van der Waals surface area contributed by atoms with Crippen molar-refractivity contribution >= 4 is 28.0 Å². The maximum absolute atomic E-state index is 13.5. The van der Waals surface area contributed by atoms with Crippen LogP contribution < -0.4 is 4.31 Å². The Balaban J connectivity index is 0.00000578. The van der Waals surface area contributed by atoms with E-state index in [0.717, 1.165) is 10.6 Å². The van der Waals surface area contributed by atoms with Gasteiger partial charge in [0.05, 0.1) is 23.7 Å². The van der Waals surface area contributed by atoms with Gasteiger partial charge in [-0.1, -0.05) is 26.0 Å². The number of nitrogens with zero attached hydrogens (tertiary/aromatic N) is 3. The second-order valence-electron chi connectivity index (χ2n) is 7.89. The molecule has 0 aliphatic carbocycles.